The van der Waals surface area contributed by atoms with Crippen molar-refractivity contribution in [1.82, 2.24) is 5.32 Å². The van der Waals surface area contributed by atoms with E-state index in [0.717, 1.165) is 0 Å². The summed E-state index contributed by atoms with van der Waals surface area (Å²) in [6.07, 6.45) is 0. The minimum Gasteiger partial charge on any atom is -0.366 e. The average Bonchev–Trinajstić information content (AvgIpc) is 2.20. The number of hydrogen-bond acceptors (Lipinski definition) is 3. The zero-order chi connectivity index (χ0) is 14.4. The third kappa shape index (κ3) is 2.86. The van der Waals surface area contributed by atoms with Crippen LogP contribution in [-0.4, -0.2) is 30.2 Å². The van der Waals surface area contributed by atoms with Crippen LogP contribution in [0, 0.1) is 10.8 Å². The number of ether oxygens (including phenoxy) is 1. The van der Waals surface area contributed by atoms with Gasteiger partial charge in [-0.3, -0.25) is 4.79 Å². The highest BCUT2D eigenvalue weighted by Gasteiger charge is 2.60. The highest BCUT2D eigenvalue weighted by atomic mass is 16.5. The van der Waals surface area contributed by atoms with Crippen LogP contribution in [0.3, 0.4) is 0 Å². The predicted octanol–water partition coefficient (Wildman–Crippen LogP) is 1.68. The lowest BCUT2D eigenvalue weighted by Gasteiger charge is -2.62. The van der Waals surface area contributed by atoms with E-state index in [1.807, 2.05) is 20.8 Å². The van der Waals surface area contributed by atoms with Gasteiger partial charge in [0, 0.05) is 22.9 Å². The minimum atomic E-state index is -0.293. The van der Waals surface area contributed by atoms with E-state index in [1.54, 1.807) is 0 Å². The maximum atomic E-state index is 11.9. The van der Waals surface area contributed by atoms with Gasteiger partial charge in [-0.2, -0.15) is 0 Å². The van der Waals surface area contributed by atoms with Crippen LogP contribution in [0.15, 0.2) is 0 Å². The lowest BCUT2D eigenvalue weighted by atomic mass is 9.48. The highest BCUT2D eigenvalue weighted by Crippen LogP contribution is 2.52. The Morgan fingerprint density at radius 1 is 1.22 bits per heavy atom. The van der Waals surface area contributed by atoms with Gasteiger partial charge in [0.25, 0.3) is 0 Å². The van der Waals surface area contributed by atoms with Crippen molar-refractivity contribution in [3.8, 4) is 0 Å². The Morgan fingerprint density at radius 2 is 1.67 bits per heavy atom. The molecule has 1 rings (SSSR count). The van der Waals surface area contributed by atoms with E-state index in [4.69, 9.17) is 10.5 Å². The van der Waals surface area contributed by atoms with E-state index >= 15 is 0 Å². The molecule has 0 saturated heterocycles. The second-order valence-electron chi connectivity index (χ2n) is 7.52. The molecule has 0 aromatic carbocycles. The molecule has 4 nitrogen and oxygen atoms in total. The van der Waals surface area contributed by atoms with Crippen molar-refractivity contribution >= 4 is 5.91 Å². The van der Waals surface area contributed by atoms with Crippen LogP contribution >= 0.6 is 0 Å². The molecule has 0 spiro atoms. The molecular formula is C14H28N2O2. The molecule has 1 amide bonds. The normalized spacial score (nSPS) is 29.6. The standard InChI is InChI=1S/C14H28N2O2/c1-12(2,3)18-8-9(17)16-11-13(4,5)10(15)14(11,6)7/h10-11H,8,15H2,1-7H3,(H,16,17). The zero-order valence-electron chi connectivity index (χ0n) is 12.8. The molecule has 0 radical (unpaired) electrons. The second kappa shape index (κ2) is 4.49. The molecule has 0 atom stereocenters. The molecule has 1 aliphatic rings. The summed E-state index contributed by atoms with van der Waals surface area (Å²) in [6.45, 7) is 14.3. The molecule has 0 unspecified atom stereocenters. The highest BCUT2D eigenvalue weighted by molar-refractivity contribution is 5.78. The summed E-state index contributed by atoms with van der Waals surface area (Å²) in [5.74, 6) is -0.0667. The lowest BCUT2D eigenvalue weighted by Crippen LogP contribution is -2.76. The fraction of sp³-hybridized carbons (Fsp3) is 0.929. The molecule has 1 aliphatic carbocycles. The summed E-state index contributed by atoms with van der Waals surface area (Å²) in [5, 5.41) is 3.06. The summed E-state index contributed by atoms with van der Waals surface area (Å²) in [4.78, 5) is 11.9. The number of amides is 1. The molecule has 1 saturated carbocycles. The van der Waals surface area contributed by atoms with Gasteiger partial charge in [-0.15, -0.1) is 0 Å². The summed E-state index contributed by atoms with van der Waals surface area (Å²) in [6, 6.07) is 0.190. The summed E-state index contributed by atoms with van der Waals surface area (Å²) >= 11 is 0. The fourth-order valence-electron chi connectivity index (χ4n) is 3.04. The molecule has 106 valence electrons. The molecule has 0 aliphatic heterocycles. The van der Waals surface area contributed by atoms with Gasteiger partial charge in [0.2, 0.25) is 5.91 Å². The first-order valence-electron chi connectivity index (χ1n) is 6.58. The maximum absolute atomic E-state index is 11.9. The van der Waals surface area contributed by atoms with Gasteiger partial charge in [-0.05, 0) is 20.8 Å². The Balaban J connectivity index is 2.55. The monoisotopic (exact) mass is 256 g/mol. The molecule has 0 heterocycles. The van der Waals surface area contributed by atoms with Crippen LogP contribution in [0.5, 0.6) is 0 Å². The van der Waals surface area contributed by atoms with Gasteiger partial charge >= 0.3 is 0 Å². The van der Waals surface area contributed by atoms with E-state index in [0.29, 0.717) is 0 Å². The number of nitrogens with one attached hydrogen (secondary N) is 1. The zero-order valence-corrected chi connectivity index (χ0v) is 12.8. The van der Waals surface area contributed by atoms with Crippen LogP contribution in [-0.2, 0) is 9.53 Å². The largest absolute Gasteiger partial charge is 0.366 e. The maximum Gasteiger partial charge on any atom is 0.246 e. The number of carbonyl (C=O) groups excluding carboxylic acids is 1. The fourth-order valence-corrected chi connectivity index (χ4v) is 3.04. The van der Waals surface area contributed by atoms with Crippen molar-refractivity contribution in [2.24, 2.45) is 16.6 Å². The molecule has 1 fully saturated rings. The molecule has 0 bridgehead atoms. The van der Waals surface area contributed by atoms with Gasteiger partial charge in [-0.1, -0.05) is 27.7 Å². The third-order valence-corrected chi connectivity index (χ3v) is 4.03. The van der Waals surface area contributed by atoms with E-state index in [-0.39, 0.29) is 41.0 Å². The minimum absolute atomic E-state index is 0.0667. The molecule has 18 heavy (non-hydrogen) atoms. The van der Waals surface area contributed by atoms with Crippen molar-refractivity contribution in [1.29, 1.82) is 0 Å². The summed E-state index contributed by atoms with van der Waals surface area (Å²) in [5.41, 5.74) is 5.73. The predicted molar refractivity (Wildman–Crippen MR) is 73.2 cm³/mol. The first-order chi connectivity index (χ1) is 7.89. The van der Waals surface area contributed by atoms with E-state index < -0.39 is 0 Å². The van der Waals surface area contributed by atoms with E-state index in [9.17, 15) is 4.79 Å². The Hall–Kier alpha value is -0.610. The number of nitrogens with two attached hydrogens (primary N) is 1. The summed E-state index contributed by atoms with van der Waals surface area (Å²) in [7, 11) is 0. The molecule has 0 aromatic rings. The average molecular weight is 256 g/mol. The van der Waals surface area contributed by atoms with Gasteiger partial charge in [0.15, 0.2) is 0 Å². The Morgan fingerprint density at radius 3 is 2.06 bits per heavy atom. The van der Waals surface area contributed by atoms with Crippen molar-refractivity contribution in [2.75, 3.05) is 6.61 Å². The van der Waals surface area contributed by atoms with Gasteiger partial charge < -0.3 is 15.8 Å². The van der Waals surface area contributed by atoms with Crippen molar-refractivity contribution in [3.05, 3.63) is 0 Å². The van der Waals surface area contributed by atoms with Crippen LogP contribution < -0.4 is 11.1 Å². The number of rotatable bonds is 3. The van der Waals surface area contributed by atoms with Gasteiger partial charge in [0.1, 0.15) is 6.61 Å². The van der Waals surface area contributed by atoms with E-state index in [2.05, 4.69) is 33.0 Å². The molecule has 3 N–H and O–H groups in total. The number of hydrogen-bond donors (Lipinski definition) is 2. The first kappa shape index (κ1) is 15.4. The number of carbonyl (C=O) groups is 1. The topological polar surface area (TPSA) is 64.3 Å². The molecule has 4 heteroatoms. The first-order valence-corrected chi connectivity index (χ1v) is 6.58. The van der Waals surface area contributed by atoms with Crippen molar-refractivity contribution in [3.63, 3.8) is 0 Å². The Kier molecular flexibility index (Phi) is 3.86. The van der Waals surface area contributed by atoms with Gasteiger partial charge in [0.05, 0.1) is 5.60 Å². The molecular weight excluding hydrogens is 228 g/mol. The third-order valence-electron chi connectivity index (χ3n) is 4.03. The van der Waals surface area contributed by atoms with E-state index in [1.165, 1.54) is 0 Å². The van der Waals surface area contributed by atoms with Crippen LogP contribution in [0.2, 0.25) is 0 Å². The SMILES string of the molecule is CC(C)(C)OCC(=O)NC1C(C)(C)C(N)C1(C)C. The van der Waals surface area contributed by atoms with Crippen molar-refractivity contribution in [2.45, 2.75) is 66.2 Å². The quantitative estimate of drug-likeness (QED) is 0.807. The van der Waals surface area contributed by atoms with Crippen LogP contribution in [0.1, 0.15) is 48.5 Å². The van der Waals surface area contributed by atoms with Crippen LogP contribution in [0.25, 0.3) is 0 Å². The Labute approximate surface area is 111 Å². The van der Waals surface area contributed by atoms with Crippen LogP contribution in [0.4, 0.5) is 0 Å². The van der Waals surface area contributed by atoms with Gasteiger partial charge in [-0.25, -0.2) is 0 Å². The lowest BCUT2D eigenvalue weighted by molar-refractivity contribution is -0.140. The smallest absolute Gasteiger partial charge is 0.246 e. The summed E-state index contributed by atoms with van der Waals surface area (Å²) < 4.78 is 5.48. The second-order valence-corrected chi connectivity index (χ2v) is 7.52. The Bertz CT molecular complexity index is 313. The molecule has 0 aromatic heterocycles. The van der Waals surface area contributed by atoms with Crippen molar-refractivity contribution < 1.29 is 9.53 Å².